The van der Waals surface area contributed by atoms with Gasteiger partial charge in [0, 0.05) is 18.8 Å². The van der Waals surface area contributed by atoms with E-state index in [9.17, 15) is 5.11 Å². The highest BCUT2D eigenvalue weighted by atomic mass is 16.3. The van der Waals surface area contributed by atoms with E-state index in [2.05, 4.69) is 43.2 Å². The van der Waals surface area contributed by atoms with E-state index in [1.54, 1.807) is 4.68 Å². The first kappa shape index (κ1) is 11.9. The third kappa shape index (κ3) is 2.39. The zero-order valence-corrected chi connectivity index (χ0v) is 10.5. The third-order valence-corrected chi connectivity index (χ3v) is 2.94. The molecule has 0 aliphatic heterocycles. The van der Waals surface area contributed by atoms with Gasteiger partial charge < -0.3 is 5.11 Å². The topological polar surface area (TPSA) is 38.0 Å². The molecule has 17 heavy (non-hydrogen) atoms. The van der Waals surface area contributed by atoms with Crippen LogP contribution in [0.5, 0.6) is 0 Å². The summed E-state index contributed by atoms with van der Waals surface area (Å²) in [5.74, 6) is 0.537. The minimum atomic E-state index is -0.0257. The predicted molar refractivity (Wildman–Crippen MR) is 68.7 cm³/mol. The molecule has 1 N–H and O–H groups in total. The van der Waals surface area contributed by atoms with Gasteiger partial charge in [-0.25, -0.2) is 0 Å². The highest BCUT2D eigenvalue weighted by molar-refractivity contribution is 5.65. The maximum atomic E-state index is 9.26. The van der Waals surface area contributed by atoms with Gasteiger partial charge in [0.05, 0.1) is 12.3 Å². The number of nitrogens with zero attached hydrogens (tertiary/aromatic N) is 2. The zero-order valence-electron chi connectivity index (χ0n) is 10.5. The SMILES string of the molecule is CC(C)c1ccc(-c2cn(C)nc2CO)cc1. The molecule has 2 rings (SSSR count). The van der Waals surface area contributed by atoms with E-state index in [4.69, 9.17) is 0 Å². The van der Waals surface area contributed by atoms with Gasteiger partial charge in [-0.1, -0.05) is 38.1 Å². The van der Waals surface area contributed by atoms with Crippen LogP contribution in [0.1, 0.15) is 31.0 Å². The van der Waals surface area contributed by atoms with Gasteiger partial charge in [-0.15, -0.1) is 0 Å². The van der Waals surface area contributed by atoms with Crippen LogP contribution in [0.25, 0.3) is 11.1 Å². The van der Waals surface area contributed by atoms with Crippen molar-refractivity contribution >= 4 is 0 Å². The Morgan fingerprint density at radius 3 is 2.41 bits per heavy atom. The van der Waals surface area contributed by atoms with Crippen molar-refractivity contribution in [2.75, 3.05) is 0 Å². The highest BCUT2D eigenvalue weighted by Gasteiger charge is 2.09. The van der Waals surface area contributed by atoms with Crippen LogP contribution >= 0.6 is 0 Å². The average Bonchev–Trinajstić information content (AvgIpc) is 2.70. The summed E-state index contributed by atoms with van der Waals surface area (Å²) in [5.41, 5.74) is 4.16. The zero-order chi connectivity index (χ0) is 12.4. The average molecular weight is 230 g/mol. The second-order valence-corrected chi connectivity index (χ2v) is 4.60. The molecule has 3 nitrogen and oxygen atoms in total. The molecular formula is C14H18N2O. The van der Waals surface area contributed by atoms with E-state index in [-0.39, 0.29) is 6.61 Å². The highest BCUT2D eigenvalue weighted by Crippen LogP contribution is 2.25. The summed E-state index contributed by atoms with van der Waals surface area (Å²) in [5, 5.41) is 13.5. The minimum absolute atomic E-state index is 0.0257. The van der Waals surface area contributed by atoms with Crippen molar-refractivity contribution in [1.82, 2.24) is 9.78 Å². The molecule has 1 heterocycles. The molecule has 2 aromatic rings. The van der Waals surface area contributed by atoms with Crippen LogP contribution in [0.2, 0.25) is 0 Å². The summed E-state index contributed by atoms with van der Waals surface area (Å²) in [6, 6.07) is 8.44. The lowest BCUT2D eigenvalue weighted by Gasteiger charge is -2.06. The predicted octanol–water partition coefficient (Wildman–Crippen LogP) is 2.70. The van der Waals surface area contributed by atoms with E-state index >= 15 is 0 Å². The molecule has 90 valence electrons. The second-order valence-electron chi connectivity index (χ2n) is 4.60. The van der Waals surface area contributed by atoms with Crippen LogP contribution < -0.4 is 0 Å². The Morgan fingerprint density at radius 2 is 1.88 bits per heavy atom. The van der Waals surface area contributed by atoms with Gasteiger partial charge in [0.25, 0.3) is 0 Å². The Bertz CT molecular complexity index is 497. The molecule has 1 aromatic carbocycles. The largest absolute Gasteiger partial charge is 0.390 e. The molecule has 0 amide bonds. The van der Waals surface area contributed by atoms with Crippen molar-refractivity contribution in [2.24, 2.45) is 7.05 Å². The first-order valence-corrected chi connectivity index (χ1v) is 5.85. The molecule has 0 atom stereocenters. The van der Waals surface area contributed by atoms with Crippen LogP contribution in [0.4, 0.5) is 0 Å². The first-order valence-electron chi connectivity index (χ1n) is 5.85. The third-order valence-electron chi connectivity index (χ3n) is 2.94. The Morgan fingerprint density at radius 1 is 1.24 bits per heavy atom. The molecule has 0 aliphatic carbocycles. The molecule has 0 bridgehead atoms. The molecule has 0 saturated carbocycles. The number of aliphatic hydroxyl groups is 1. The lowest BCUT2D eigenvalue weighted by molar-refractivity contribution is 0.276. The Labute approximate surface area is 102 Å². The van der Waals surface area contributed by atoms with Crippen LogP contribution in [0.3, 0.4) is 0 Å². The van der Waals surface area contributed by atoms with Gasteiger partial charge in [-0.3, -0.25) is 4.68 Å². The maximum absolute atomic E-state index is 9.26. The fraction of sp³-hybridized carbons (Fsp3) is 0.357. The molecular weight excluding hydrogens is 212 g/mol. The summed E-state index contributed by atoms with van der Waals surface area (Å²) in [6.07, 6.45) is 1.94. The summed E-state index contributed by atoms with van der Waals surface area (Å²) in [6.45, 7) is 4.33. The fourth-order valence-corrected chi connectivity index (χ4v) is 1.94. The van der Waals surface area contributed by atoms with Crippen LogP contribution in [0.15, 0.2) is 30.5 Å². The number of hydrogen-bond donors (Lipinski definition) is 1. The smallest absolute Gasteiger partial charge is 0.0957 e. The van der Waals surface area contributed by atoms with E-state index < -0.39 is 0 Å². The number of aliphatic hydroxyl groups excluding tert-OH is 1. The molecule has 0 radical (unpaired) electrons. The van der Waals surface area contributed by atoms with Gasteiger partial charge in [0.1, 0.15) is 0 Å². The standard InChI is InChI=1S/C14H18N2O/c1-10(2)11-4-6-12(7-5-11)13-8-16(3)15-14(13)9-17/h4-8,10,17H,9H2,1-3H3. The van der Waals surface area contributed by atoms with Crippen molar-refractivity contribution in [1.29, 1.82) is 0 Å². The molecule has 3 heteroatoms. The van der Waals surface area contributed by atoms with E-state index in [1.807, 2.05) is 13.2 Å². The Balaban J connectivity index is 2.39. The fourth-order valence-electron chi connectivity index (χ4n) is 1.94. The second kappa shape index (κ2) is 4.72. The first-order chi connectivity index (χ1) is 8.11. The number of aryl methyl sites for hydroxylation is 1. The summed E-state index contributed by atoms with van der Waals surface area (Å²) in [7, 11) is 1.87. The summed E-state index contributed by atoms with van der Waals surface area (Å²) in [4.78, 5) is 0. The van der Waals surface area contributed by atoms with Crippen LogP contribution in [-0.4, -0.2) is 14.9 Å². The molecule has 0 fully saturated rings. The van der Waals surface area contributed by atoms with Gasteiger partial charge in [-0.2, -0.15) is 5.10 Å². The number of benzene rings is 1. The van der Waals surface area contributed by atoms with Crippen molar-refractivity contribution in [3.63, 3.8) is 0 Å². The van der Waals surface area contributed by atoms with Crippen molar-refractivity contribution in [3.05, 3.63) is 41.7 Å². The molecule has 0 spiro atoms. The summed E-state index contributed by atoms with van der Waals surface area (Å²) >= 11 is 0. The summed E-state index contributed by atoms with van der Waals surface area (Å²) < 4.78 is 1.73. The van der Waals surface area contributed by atoms with E-state index in [0.717, 1.165) is 16.8 Å². The number of aromatic nitrogens is 2. The lowest BCUT2D eigenvalue weighted by atomic mass is 9.99. The molecule has 0 aliphatic rings. The number of rotatable bonds is 3. The van der Waals surface area contributed by atoms with Crippen molar-refractivity contribution in [2.45, 2.75) is 26.4 Å². The monoisotopic (exact) mass is 230 g/mol. The Hall–Kier alpha value is -1.61. The molecule has 1 aromatic heterocycles. The number of hydrogen-bond acceptors (Lipinski definition) is 2. The maximum Gasteiger partial charge on any atom is 0.0957 e. The van der Waals surface area contributed by atoms with Crippen molar-refractivity contribution in [3.8, 4) is 11.1 Å². The van der Waals surface area contributed by atoms with Crippen molar-refractivity contribution < 1.29 is 5.11 Å². The van der Waals surface area contributed by atoms with Gasteiger partial charge in [0.2, 0.25) is 0 Å². The molecule has 0 saturated heterocycles. The van der Waals surface area contributed by atoms with Gasteiger partial charge >= 0.3 is 0 Å². The van der Waals surface area contributed by atoms with Gasteiger partial charge in [-0.05, 0) is 17.0 Å². The van der Waals surface area contributed by atoms with E-state index in [0.29, 0.717) is 5.92 Å². The quantitative estimate of drug-likeness (QED) is 0.880. The minimum Gasteiger partial charge on any atom is -0.390 e. The lowest BCUT2D eigenvalue weighted by Crippen LogP contribution is -1.91. The molecule has 0 unspecified atom stereocenters. The van der Waals surface area contributed by atoms with Crippen LogP contribution in [0, 0.1) is 0 Å². The van der Waals surface area contributed by atoms with E-state index in [1.165, 1.54) is 5.56 Å². The van der Waals surface area contributed by atoms with Gasteiger partial charge in [0.15, 0.2) is 0 Å². The normalized spacial score (nSPS) is 11.1. The van der Waals surface area contributed by atoms with Crippen LogP contribution in [-0.2, 0) is 13.7 Å². The Kier molecular flexibility index (Phi) is 3.29.